The Kier molecular flexibility index (Phi) is 4.35. The van der Waals surface area contributed by atoms with Crippen LogP contribution in [0, 0.1) is 0 Å². The number of carboxylic acid groups (broad SMARTS) is 1. The number of aromatic amines is 1. The number of hydrogen-bond donors (Lipinski definition) is 3. The van der Waals surface area contributed by atoms with Crippen molar-refractivity contribution in [3.63, 3.8) is 0 Å². The van der Waals surface area contributed by atoms with Gasteiger partial charge >= 0.3 is 5.97 Å². The highest BCUT2D eigenvalue weighted by atomic mass is 35.5. The van der Waals surface area contributed by atoms with E-state index in [4.69, 9.17) is 11.6 Å². The predicted molar refractivity (Wildman–Crippen MR) is 81.1 cm³/mol. The van der Waals surface area contributed by atoms with Gasteiger partial charge in [0, 0.05) is 28.7 Å². The minimum absolute atomic E-state index is 0.504. The number of fused-ring (bicyclic) bond motifs is 1. The van der Waals surface area contributed by atoms with Gasteiger partial charge in [-0.1, -0.05) is 31.0 Å². The van der Waals surface area contributed by atoms with E-state index in [0.717, 1.165) is 22.9 Å². The van der Waals surface area contributed by atoms with Gasteiger partial charge in [0.15, 0.2) is 0 Å². The van der Waals surface area contributed by atoms with Gasteiger partial charge in [-0.05, 0) is 31.0 Å². The van der Waals surface area contributed by atoms with Gasteiger partial charge < -0.3 is 10.1 Å². The second-order valence-corrected chi connectivity index (χ2v) is 5.68. The zero-order valence-electron chi connectivity index (χ0n) is 11.7. The Hall–Kier alpha value is -1.52. The van der Waals surface area contributed by atoms with Gasteiger partial charge in [0.1, 0.15) is 5.54 Å². The van der Waals surface area contributed by atoms with Crippen molar-refractivity contribution in [3.8, 4) is 0 Å². The van der Waals surface area contributed by atoms with Crippen LogP contribution < -0.4 is 5.32 Å². The number of rotatable bonds is 6. The summed E-state index contributed by atoms with van der Waals surface area (Å²) >= 11 is 5.95. The smallest absolute Gasteiger partial charge is 0.323 e. The molecule has 1 atom stereocenters. The molecule has 0 fully saturated rings. The van der Waals surface area contributed by atoms with E-state index >= 15 is 0 Å². The molecule has 0 aliphatic heterocycles. The fraction of sp³-hybridized carbons (Fsp3) is 0.400. The van der Waals surface area contributed by atoms with Crippen LogP contribution in [0.3, 0.4) is 0 Å². The number of benzene rings is 1. The van der Waals surface area contributed by atoms with E-state index in [0.29, 0.717) is 18.0 Å². The molecule has 0 spiro atoms. The summed E-state index contributed by atoms with van der Waals surface area (Å²) < 4.78 is 0. The van der Waals surface area contributed by atoms with Gasteiger partial charge in [-0.15, -0.1) is 0 Å². The zero-order chi connectivity index (χ0) is 14.8. The first-order valence-corrected chi connectivity index (χ1v) is 7.08. The third kappa shape index (κ3) is 2.97. The number of aliphatic carboxylic acids is 1. The monoisotopic (exact) mass is 294 g/mol. The van der Waals surface area contributed by atoms with E-state index in [-0.39, 0.29) is 0 Å². The van der Waals surface area contributed by atoms with Gasteiger partial charge in [0.05, 0.1) is 0 Å². The van der Waals surface area contributed by atoms with Crippen LogP contribution in [0.15, 0.2) is 24.4 Å². The number of H-pyrrole nitrogens is 1. The molecule has 4 nitrogen and oxygen atoms in total. The minimum Gasteiger partial charge on any atom is -0.480 e. The lowest BCUT2D eigenvalue weighted by atomic mass is 9.96. The van der Waals surface area contributed by atoms with Crippen molar-refractivity contribution in [1.29, 1.82) is 0 Å². The summed E-state index contributed by atoms with van der Waals surface area (Å²) in [7, 11) is 0. The fourth-order valence-electron chi connectivity index (χ4n) is 2.37. The van der Waals surface area contributed by atoms with Crippen molar-refractivity contribution in [3.05, 3.63) is 35.0 Å². The van der Waals surface area contributed by atoms with Gasteiger partial charge in [-0.2, -0.15) is 0 Å². The molecule has 108 valence electrons. The van der Waals surface area contributed by atoms with Crippen molar-refractivity contribution in [2.75, 3.05) is 0 Å². The third-order valence-corrected chi connectivity index (χ3v) is 3.86. The van der Waals surface area contributed by atoms with Crippen LogP contribution in [0.25, 0.3) is 10.9 Å². The van der Waals surface area contributed by atoms with Crippen LogP contribution in [0.4, 0.5) is 0 Å². The molecule has 0 aliphatic rings. The molecule has 0 aliphatic carbocycles. The molecule has 0 radical (unpaired) electrons. The largest absolute Gasteiger partial charge is 0.480 e. The normalized spacial score (nSPS) is 14.3. The molecular formula is C15H19ClN2O2. The summed E-state index contributed by atoms with van der Waals surface area (Å²) in [4.78, 5) is 14.5. The van der Waals surface area contributed by atoms with Crippen LogP contribution in [0.5, 0.6) is 0 Å². The summed E-state index contributed by atoms with van der Waals surface area (Å²) in [6.45, 7) is 4.21. The maximum Gasteiger partial charge on any atom is 0.323 e. The Bertz CT molecular complexity index is 623. The highest BCUT2D eigenvalue weighted by molar-refractivity contribution is 6.31. The summed E-state index contributed by atoms with van der Waals surface area (Å²) in [6, 6.07) is 5.65. The first-order valence-electron chi connectivity index (χ1n) is 6.70. The summed E-state index contributed by atoms with van der Waals surface area (Å²) in [5, 5.41) is 14.2. The van der Waals surface area contributed by atoms with Crippen LogP contribution in [0.2, 0.25) is 5.02 Å². The number of nitrogens with one attached hydrogen (secondary N) is 2. The number of carboxylic acids is 1. The van der Waals surface area contributed by atoms with E-state index in [9.17, 15) is 9.90 Å². The zero-order valence-corrected chi connectivity index (χ0v) is 12.4. The van der Waals surface area contributed by atoms with E-state index < -0.39 is 11.5 Å². The Morgan fingerprint density at radius 2 is 2.25 bits per heavy atom. The van der Waals surface area contributed by atoms with Gasteiger partial charge in [-0.25, -0.2) is 0 Å². The summed E-state index contributed by atoms with van der Waals surface area (Å²) in [6.07, 6.45) is 3.30. The lowest BCUT2D eigenvalue weighted by Crippen LogP contribution is -2.48. The number of carbonyl (C=O) groups is 1. The average molecular weight is 295 g/mol. The van der Waals surface area contributed by atoms with Crippen LogP contribution in [0.1, 0.15) is 32.3 Å². The van der Waals surface area contributed by atoms with E-state index in [1.807, 2.05) is 31.3 Å². The predicted octanol–water partition coefficient (Wildman–Crippen LogP) is 3.55. The van der Waals surface area contributed by atoms with Crippen LogP contribution >= 0.6 is 11.6 Å². The lowest BCUT2D eigenvalue weighted by Gasteiger charge is -2.25. The Labute approximate surface area is 123 Å². The fourth-order valence-corrected chi connectivity index (χ4v) is 2.54. The standard InChI is InChI=1S/C15H19ClN2O2/c1-3-6-15(2,14(19)20)18-9-10-8-17-13-7-11(16)4-5-12(10)13/h4-5,7-8,17-18H,3,6,9H2,1-2H3,(H,19,20). The SMILES string of the molecule is CCCC(C)(NCc1c[nH]c2cc(Cl)ccc12)C(=O)O. The van der Waals surface area contributed by atoms with Crippen molar-refractivity contribution in [2.45, 2.75) is 38.8 Å². The van der Waals surface area contributed by atoms with Crippen molar-refractivity contribution in [2.24, 2.45) is 0 Å². The van der Waals surface area contributed by atoms with Crippen molar-refractivity contribution in [1.82, 2.24) is 10.3 Å². The Balaban J connectivity index is 2.18. The topological polar surface area (TPSA) is 65.1 Å². The van der Waals surface area contributed by atoms with E-state index in [1.165, 1.54) is 0 Å². The number of halogens is 1. The number of aromatic nitrogens is 1. The molecule has 0 amide bonds. The van der Waals surface area contributed by atoms with Crippen LogP contribution in [-0.2, 0) is 11.3 Å². The molecule has 0 saturated carbocycles. The molecule has 1 aromatic carbocycles. The maximum absolute atomic E-state index is 11.4. The van der Waals surface area contributed by atoms with Gasteiger partial charge in [0.2, 0.25) is 0 Å². The molecule has 2 aromatic rings. The molecule has 1 aromatic heterocycles. The second-order valence-electron chi connectivity index (χ2n) is 5.24. The molecule has 0 bridgehead atoms. The quantitative estimate of drug-likeness (QED) is 0.763. The summed E-state index contributed by atoms with van der Waals surface area (Å²) in [5.74, 6) is -0.817. The molecular weight excluding hydrogens is 276 g/mol. The van der Waals surface area contributed by atoms with Crippen LogP contribution in [-0.4, -0.2) is 21.6 Å². The van der Waals surface area contributed by atoms with Gasteiger partial charge in [-0.3, -0.25) is 10.1 Å². The first kappa shape index (κ1) is 14.9. The van der Waals surface area contributed by atoms with Crippen molar-refractivity contribution < 1.29 is 9.90 Å². The van der Waals surface area contributed by atoms with E-state index in [2.05, 4.69) is 10.3 Å². The first-order chi connectivity index (χ1) is 9.46. The van der Waals surface area contributed by atoms with E-state index in [1.54, 1.807) is 6.92 Å². The third-order valence-electron chi connectivity index (χ3n) is 3.62. The average Bonchev–Trinajstić information content (AvgIpc) is 2.78. The summed E-state index contributed by atoms with van der Waals surface area (Å²) in [5.41, 5.74) is 1.10. The molecule has 3 N–H and O–H groups in total. The molecule has 1 heterocycles. The van der Waals surface area contributed by atoms with Crippen molar-refractivity contribution >= 4 is 28.5 Å². The molecule has 20 heavy (non-hydrogen) atoms. The lowest BCUT2D eigenvalue weighted by molar-refractivity contribution is -0.144. The molecule has 0 saturated heterocycles. The molecule has 1 unspecified atom stereocenters. The second kappa shape index (κ2) is 5.85. The highest BCUT2D eigenvalue weighted by Gasteiger charge is 2.31. The molecule has 2 rings (SSSR count). The molecule has 5 heteroatoms. The minimum atomic E-state index is -0.898. The van der Waals surface area contributed by atoms with Gasteiger partial charge in [0.25, 0.3) is 0 Å². The highest BCUT2D eigenvalue weighted by Crippen LogP contribution is 2.23. The maximum atomic E-state index is 11.4. The number of hydrogen-bond acceptors (Lipinski definition) is 2. The Morgan fingerprint density at radius 1 is 1.50 bits per heavy atom. The Morgan fingerprint density at radius 3 is 2.90 bits per heavy atom.